The van der Waals surface area contributed by atoms with E-state index in [2.05, 4.69) is 16.8 Å². The van der Waals surface area contributed by atoms with Crippen LogP contribution in [0.4, 0.5) is 0 Å². The van der Waals surface area contributed by atoms with Crippen LogP contribution in [0.2, 0.25) is 0 Å². The number of hydrogen-bond donors (Lipinski definition) is 0. The van der Waals surface area contributed by atoms with Crippen LogP contribution in [0.3, 0.4) is 0 Å². The molecule has 0 unspecified atom stereocenters. The Balaban J connectivity index is 2.16. The molecule has 0 amide bonds. The van der Waals surface area contributed by atoms with E-state index in [9.17, 15) is 0 Å². The molecule has 0 N–H and O–H groups in total. The summed E-state index contributed by atoms with van der Waals surface area (Å²) >= 11 is 0. The van der Waals surface area contributed by atoms with Crippen molar-refractivity contribution in [2.75, 3.05) is 34.5 Å². The molecule has 118 valence electrons. The molecule has 0 aromatic carbocycles. The topological polar surface area (TPSA) is 43.8 Å². The molecule has 5 heteroatoms. The molecule has 1 aromatic rings. The molecule has 1 saturated heterocycles. The van der Waals surface area contributed by atoms with E-state index < -0.39 is 0 Å². The Bertz CT molecular complexity index is 479. The zero-order valence-electron chi connectivity index (χ0n) is 13.7. The summed E-state index contributed by atoms with van der Waals surface area (Å²) in [6.07, 6.45) is 3.17. The third-order valence-corrected chi connectivity index (χ3v) is 4.28. The first-order valence-electron chi connectivity index (χ1n) is 7.35. The van der Waals surface area contributed by atoms with Gasteiger partial charge in [0.1, 0.15) is 5.75 Å². The monoisotopic (exact) mass is 294 g/mol. The number of methoxy groups -OCH3 is 3. The summed E-state index contributed by atoms with van der Waals surface area (Å²) in [6.45, 7) is 6.54. The summed E-state index contributed by atoms with van der Waals surface area (Å²) in [7, 11) is 5.23. The summed E-state index contributed by atoms with van der Waals surface area (Å²) in [5.74, 6) is 0.936. The number of rotatable bonds is 6. The van der Waals surface area contributed by atoms with Gasteiger partial charge in [-0.05, 0) is 20.3 Å². The lowest BCUT2D eigenvalue weighted by molar-refractivity contribution is 0.105. The number of hydrogen-bond acceptors (Lipinski definition) is 5. The van der Waals surface area contributed by atoms with E-state index in [1.54, 1.807) is 21.3 Å². The Kier molecular flexibility index (Phi) is 5.56. The fraction of sp³-hybridized carbons (Fsp3) is 0.688. The maximum absolute atomic E-state index is 5.51. The molecule has 1 aromatic heterocycles. The van der Waals surface area contributed by atoms with Gasteiger partial charge in [-0.15, -0.1) is 0 Å². The summed E-state index contributed by atoms with van der Waals surface area (Å²) in [4.78, 5) is 6.98. The molecule has 0 bridgehead atoms. The molecule has 21 heavy (non-hydrogen) atoms. The fourth-order valence-corrected chi connectivity index (χ4v) is 3.09. The molecule has 1 fully saturated rings. The van der Waals surface area contributed by atoms with Gasteiger partial charge in [-0.1, -0.05) is 0 Å². The lowest BCUT2D eigenvalue weighted by Gasteiger charge is -2.24. The normalized spacial score (nSPS) is 22.7. The van der Waals surface area contributed by atoms with E-state index >= 15 is 0 Å². The second-order valence-corrected chi connectivity index (χ2v) is 5.68. The molecular weight excluding hydrogens is 268 g/mol. The van der Waals surface area contributed by atoms with Crippen molar-refractivity contribution in [2.45, 2.75) is 39.0 Å². The summed E-state index contributed by atoms with van der Waals surface area (Å²) in [6, 6.07) is 0.383. The highest BCUT2D eigenvalue weighted by Gasteiger charge is 2.32. The predicted molar refractivity (Wildman–Crippen MR) is 81.8 cm³/mol. The van der Waals surface area contributed by atoms with Gasteiger partial charge in [-0.25, -0.2) is 0 Å². The Morgan fingerprint density at radius 1 is 1.29 bits per heavy atom. The third kappa shape index (κ3) is 3.54. The van der Waals surface area contributed by atoms with E-state index in [1.807, 2.05) is 13.1 Å². The molecule has 0 spiro atoms. The summed E-state index contributed by atoms with van der Waals surface area (Å²) < 4.78 is 16.3. The molecule has 2 atom stereocenters. The number of aromatic nitrogens is 1. The Morgan fingerprint density at radius 2 is 2.05 bits per heavy atom. The van der Waals surface area contributed by atoms with Crippen LogP contribution < -0.4 is 4.74 Å². The van der Waals surface area contributed by atoms with Crippen LogP contribution in [0.15, 0.2) is 6.20 Å². The minimum Gasteiger partial charge on any atom is -0.496 e. The van der Waals surface area contributed by atoms with Gasteiger partial charge < -0.3 is 14.2 Å². The number of ether oxygens (including phenoxy) is 3. The zero-order valence-corrected chi connectivity index (χ0v) is 13.7. The van der Waals surface area contributed by atoms with Gasteiger partial charge in [-0.2, -0.15) is 0 Å². The molecule has 1 aliphatic heterocycles. The second-order valence-electron chi connectivity index (χ2n) is 5.68. The van der Waals surface area contributed by atoms with Crippen molar-refractivity contribution in [3.63, 3.8) is 0 Å². The first kappa shape index (κ1) is 16.2. The highest BCUT2D eigenvalue weighted by Crippen LogP contribution is 2.27. The van der Waals surface area contributed by atoms with Crippen molar-refractivity contribution in [3.8, 4) is 5.75 Å². The van der Waals surface area contributed by atoms with Gasteiger partial charge in [0.25, 0.3) is 0 Å². The predicted octanol–water partition coefficient (Wildman–Crippen LogP) is 1.94. The van der Waals surface area contributed by atoms with Gasteiger partial charge in [0.05, 0.1) is 25.5 Å². The van der Waals surface area contributed by atoms with Crippen molar-refractivity contribution < 1.29 is 14.2 Å². The van der Waals surface area contributed by atoms with E-state index in [1.165, 1.54) is 0 Å². The van der Waals surface area contributed by atoms with E-state index in [4.69, 9.17) is 14.2 Å². The van der Waals surface area contributed by atoms with Crippen LogP contribution >= 0.6 is 0 Å². The first-order valence-corrected chi connectivity index (χ1v) is 7.35. The van der Waals surface area contributed by atoms with Crippen molar-refractivity contribution in [1.82, 2.24) is 9.88 Å². The molecule has 0 radical (unpaired) electrons. The van der Waals surface area contributed by atoms with Crippen molar-refractivity contribution in [3.05, 3.63) is 23.0 Å². The van der Waals surface area contributed by atoms with Crippen LogP contribution in [0.5, 0.6) is 5.75 Å². The standard InChI is InChI=1S/C16H26N2O3/c1-11-7-17-15(12(2)16(11)21-5)9-18-8-14(20-4)6-13(18)10-19-3/h7,13-14H,6,8-10H2,1-5H3/t13-,14+/m0/s1. The van der Waals surface area contributed by atoms with Crippen LogP contribution in [0.1, 0.15) is 23.2 Å². The molecule has 0 aliphatic carbocycles. The number of aryl methyl sites for hydroxylation is 1. The summed E-state index contributed by atoms with van der Waals surface area (Å²) in [5, 5.41) is 0. The molecular formula is C16H26N2O3. The third-order valence-electron chi connectivity index (χ3n) is 4.28. The number of pyridine rings is 1. The van der Waals surface area contributed by atoms with Gasteiger partial charge in [0.15, 0.2) is 0 Å². The van der Waals surface area contributed by atoms with Crippen LogP contribution in [0, 0.1) is 13.8 Å². The Morgan fingerprint density at radius 3 is 2.67 bits per heavy atom. The largest absolute Gasteiger partial charge is 0.496 e. The molecule has 1 aliphatic rings. The van der Waals surface area contributed by atoms with Gasteiger partial charge in [-0.3, -0.25) is 9.88 Å². The van der Waals surface area contributed by atoms with E-state index in [0.29, 0.717) is 6.04 Å². The van der Waals surface area contributed by atoms with Crippen LogP contribution in [-0.4, -0.2) is 56.5 Å². The molecule has 5 nitrogen and oxygen atoms in total. The minimum atomic E-state index is 0.276. The lowest BCUT2D eigenvalue weighted by Crippen LogP contribution is -2.33. The maximum Gasteiger partial charge on any atom is 0.128 e. The molecule has 2 heterocycles. The van der Waals surface area contributed by atoms with E-state index in [0.717, 1.165) is 48.7 Å². The molecule has 2 rings (SSSR count). The van der Waals surface area contributed by atoms with E-state index in [-0.39, 0.29) is 6.10 Å². The average molecular weight is 294 g/mol. The highest BCUT2D eigenvalue weighted by atomic mass is 16.5. The highest BCUT2D eigenvalue weighted by molar-refractivity contribution is 5.41. The Hall–Kier alpha value is -1.17. The maximum atomic E-state index is 5.51. The fourth-order valence-electron chi connectivity index (χ4n) is 3.09. The average Bonchev–Trinajstić information content (AvgIpc) is 2.85. The molecule has 0 saturated carbocycles. The number of likely N-dealkylation sites (tertiary alicyclic amines) is 1. The van der Waals surface area contributed by atoms with Gasteiger partial charge >= 0.3 is 0 Å². The second kappa shape index (κ2) is 7.20. The van der Waals surface area contributed by atoms with Gasteiger partial charge in [0, 0.05) is 50.7 Å². The van der Waals surface area contributed by atoms with Crippen LogP contribution in [0.25, 0.3) is 0 Å². The SMILES string of the molecule is COC[C@@H]1C[C@@H](OC)CN1Cc1ncc(C)c(OC)c1C. The smallest absolute Gasteiger partial charge is 0.128 e. The van der Waals surface area contributed by atoms with Crippen molar-refractivity contribution >= 4 is 0 Å². The lowest BCUT2D eigenvalue weighted by atomic mass is 10.1. The Labute approximate surface area is 127 Å². The minimum absolute atomic E-state index is 0.276. The summed E-state index contributed by atoms with van der Waals surface area (Å²) in [5.41, 5.74) is 3.26. The van der Waals surface area contributed by atoms with Crippen molar-refractivity contribution in [2.24, 2.45) is 0 Å². The van der Waals surface area contributed by atoms with Crippen molar-refractivity contribution in [1.29, 1.82) is 0 Å². The quantitative estimate of drug-likeness (QED) is 0.802. The van der Waals surface area contributed by atoms with Crippen LogP contribution in [-0.2, 0) is 16.0 Å². The zero-order chi connectivity index (χ0) is 15.4. The first-order chi connectivity index (χ1) is 10.1. The number of nitrogens with zero attached hydrogens (tertiary/aromatic N) is 2. The van der Waals surface area contributed by atoms with Gasteiger partial charge in [0.2, 0.25) is 0 Å².